The molecule has 0 heterocycles. The topological polar surface area (TPSA) is 26.0 Å². The van der Waals surface area contributed by atoms with Crippen LogP contribution >= 0.6 is 0 Å². The number of aryl methyl sites for hydroxylation is 1. The third-order valence-electron chi connectivity index (χ3n) is 1.20. The maximum Gasteiger partial charge on any atom is 0.128 e. The fraction of sp³-hybridized carbons (Fsp3) is 0.273. The smallest absolute Gasteiger partial charge is 0.128 e. The first-order chi connectivity index (χ1) is 5.93. The summed E-state index contributed by atoms with van der Waals surface area (Å²) >= 11 is 0. The van der Waals surface area contributed by atoms with Gasteiger partial charge < -0.3 is 5.73 Å². The Hall–Kier alpha value is -1.31. The van der Waals surface area contributed by atoms with Gasteiger partial charge in [-0.15, -0.1) is 6.58 Å². The molecule has 1 rings (SSSR count). The second-order valence-corrected chi connectivity index (χ2v) is 3.22. The van der Waals surface area contributed by atoms with E-state index in [9.17, 15) is 4.39 Å². The Labute approximate surface area is 79.1 Å². The van der Waals surface area contributed by atoms with Gasteiger partial charge in [-0.3, -0.25) is 0 Å². The van der Waals surface area contributed by atoms with E-state index in [4.69, 9.17) is 5.73 Å². The summed E-state index contributed by atoms with van der Waals surface area (Å²) in [5.41, 5.74) is 7.55. The van der Waals surface area contributed by atoms with E-state index >= 15 is 0 Å². The maximum absolute atomic E-state index is 12.5. The van der Waals surface area contributed by atoms with Gasteiger partial charge in [0.2, 0.25) is 0 Å². The lowest BCUT2D eigenvalue weighted by molar-refractivity contribution is 0.619. The van der Waals surface area contributed by atoms with Crippen molar-refractivity contribution in [3.05, 3.63) is 41.7 Å². The molecule has 0 aromatic heterocycles. The molecule has 2 N–H and O–H groups in total. The van der Waals surface area contributed by atoms with Crippen LogP contribution in [-0.4, -0.2) is 0 Å². The minimum atomic E-state index is -0.241. The highest BCUT2D eigenvalue weighted by Crippen LogP contribution is 2.09. The number of nitrogens with two attached hydrogens (primary N) is 1. The quantitative estimate of drug-likeness (QED) is 0.482. The average molecular weight is 181 g/mol. The predicted molar refractivity (Wildman–Crippen MR) is 56.0 cm³/mol. The fourth-order valence-electron chi connectivity index (χ4n) is 0.609. The van der Waals surface area contributed by atoms with Crippen molar-refractivity contribution in [2.24, 2.45) is 0 Å². The van der Waals surface area contributed by atoms with Gasteiger partial charge >= 0.3 is 0 Å². The summed E-state index contributed by atoms with van der Waals surface area (Å²) in [4.78, 5) is 0. The maximum atomic E-state index is 12.5. The highest BCUT2D eigenvalue weighted by atomic mass is 19.1. The van der Waals surface area contributed by atoms with Gasteiger partial charge in [0.1, 0.15) is 5.82 Å². The molecule has 0 amide bonds. The van der Waals surface area contributed by atoms with Crippen LogP contribution < -0.4 is 5.73 Å². The first kappa shape index (κ1) is 11.7. The van der Waals surface area contributed by atoms with Crippen molar-refractivity contribution in [3.63, 3.8) is 0 Å². The molecule has 0 atom stereocenters. The summed E-state index contributed by atoms with van der Waals surface area (Å²) in [6.45, 7) is 9.20. The third-order valence-corrected chi connectivity index (χ3v) is 1.20. The van der Waals surface area contributed by atoms with Crippen LogP contribution in [0.5, 0.6) is 0 Å². The molecular weight excluding hydrogens is 165 g/mol. The summed E-state index contributed by atoms with van der Waals surface area (Å²) in [6.07, 6.45) is 0. The summed E-state index contributed by atoms with van der Waals surface area (Å²) in [5, 5.41) is 0. The van der Waals surface area contributed by atoms with Gasteiger partial charge in [0.25, 0.3) is 0 Å². The summed E-state index contributed by atoms with van der Waals surface area (Å²) in [7, 11) is 0. The van der Waals surface area contributed by atoms with Crippen molar-refractivity contribution in [2.45, 2.75) is 20.8 Å². The number of nitrogen functional groups attached to an aromatic ring is 1. The molecule has 1 nitrogen and oxygen atoms in total. The lowest BCUT2D eigenvalue weighted by Crippen LogP contribution is -1.87. The van der Waals surface area contributed by atoms with Crippen molar-refractivity contribution in [1.82, 2.24) is 0 Å². The van der Waals surface area contributed by atoms with Crippen LogP contribution in [0.25, 0.3) is 0 Å². The van der Waals surface area contributed by atoms with Gasteiger partial charge in [-0.2, -0.15) is 0 Å². The van der Waals surface area contributed by atoms with Crippen LogP contribution in [0.1, 0.15) is 19.4 Å². The van der Waals surface area contributed by atoms with Crippen LogP contribution in [0.4, 0.5) is 10.1 Å². The van der Waals surface area contributed by atoms with Gasteiger partial charge in [-0.05, 0) is 38.5 Å². The van der Waals surface area contributed by atoms with Crippen LogP contribution in [0.3, 0.4) is 0 Å². The van der Waals surface area contributed by atoms with Gasteiger partial charge in [-0.1, -0.05) is 11.6 Å². The molecule has 2 heteroatoms. The van der Waals surface area contributed by atoms with Crippen LogP contribution in [0, 0.1) is 12.7 Å². The zero-order chi connectivity index (χ0) is 10.4. The van der Waals surface area contributed by atoms with Crippen molar-refractivity contribution in [1.29, 1.82) is 0 Å². The Bertz CT molecular complexity index is 288. The van der Waals surface area contributed by atoms with Crippen LogP contribution in [0.15, 0.2) is 30.4 Å². The molecule has 0 bridgehead atoms. The van der Waals surface area contributed by atoms with Crippen molar-refractivity contribution >= 4 is 5.69 Å². The number of rotatable bonds is 0. The standard InChI is InChI=1S/C7H8FN.C4H8/c1-5-2-3-6(9)4-7(5)8;1-4(2)3/h2-4H,9H2,1H3;1H2,2-3H3. The van der Waals surface area contributed by atoms with E-state index < -0.39 is 0 Å². The lowest BCUT2D eigenvalue weighted by Gasteiger charge is -1.94. The van der Waals surface area contributed by atoms with E-state index in [1.807, 2.05) is 13.8 Å². The molecule has 1 aromatic carbocycles. The van der Waals surface area contributed by atoms with Gasteiger partial charge in [-0.25, -0.2) is 4.39 Å². The first-order valence-corrected chi connectivity index (χ1v) is 4.07. The average Bonchev–Trinajstić information content (AvgIpc) is 1.96. The SMILES string of the molecule is C=C(C)C.Cc1ccc(N)cc1F. The molecule has 1 aromatic rings. The molecule has 0 aliphatic carbocycles. The summed E-state index contributed by atoms with van der Waals surface area (Å²) < 4.78 is 12.5. The van der Waals surface area contributed by atoms with E-state index in [-0.39, 0.29) is 5.82 Å². The monoisotopic (exact) mass is 181 g/mol. The molecule has 13 heavy (non-hydrogen) atoms. The normalized spacial score (nSPS) is 8.62. The number of hydrogen-bond acceptors (Lipinski definition) is 1. The Balaban J connectivity index is 0.000000310. The van der Waals surface area contributed by atoms with Crippen molar-refractivity contribution < 1.29 is 4.39 Å². The van der Waals surface area contributed by atoms with E-state index in [0.29, 0.717) is 11.3 Å². The van der Waals surface area contributed by atoms with Gasteiger partial charge in [0, 0.05) is 5.69 Å². The second-order valence-electron chi connectivity index (χ2n) is 3.22. The van der Waals surface area contributed by atoms with E-state index in [1.54, 1.807) is 19.1 Å². The Morgan fingerprint density at radius 2 is 1.85 bits per heavy atom. The second kappa shape index (κ2) is 5.36. The molecule has 0 aliphatic heterocycles. The largest absolute Gasteiger partial charge is 0.399 e. The molecule has 72 valence electrons. The summed E-state index contributed by atoms with van der Waals surface area (Å²) in [5.74, 6) is -0.241. The first-order valence-electron chi connectivity index (χ1n) is 4.07. The number of benzene rings is 1. The molecule has 0 saturated carbocycles. The zero-order valence-electron chi connectivity index (χ0n) is 8.39. The van der Waals surface area contributed by atoms with E-state index in [2.05, 4.69) is 6.58 Å². The van der Waals surface area contributed by atoms with Gasteiger partial charge in [0.05, 0.1) is 0 Å². The Morgan fingerprint density at radius 3 is 2.15 bits per heavy atom. The molecule has 0 radical (unpaired) electrons. The van der Waals surface area contributed by atoms with Crippen LogP contribution in [-0.2, 0) is 0 Å². The Morgan fingerprint density at radius 1 is 1.38 bits per heavy atom. The highest BCUT2D eigenvalue weighted by molar-refractivity contribution is 5.39. The lowest BCUT2D eigenvalue weighted by atomic mass is 10.2. The zero-order valence-corrected chi connectivity index (χ0v) is 8.39. The molecule has 0 spiro atoms. The minimum Gasteiger partial charge on any atom is -0.399 e. The third kappa shape index (κ3) is 5.91. The molecule has 0 aliphatic rings. The van der Waals surface area contributed by atoms with Crippen molar-refractivity contribution in [3.8, 4) is 0 Å². The number of anilines is 1. The molecule has 0 saturated heterocycles. The number of allylic oxidation sites excluding steroid dienone is 1. The highest BCUT2D eigenvalue weighted by Gasteiger charge is 1.93. The molecule has 0 unspecified atom stereocenters. The fourth-order valence-corrected chi connectivity index (χ4v) is 0.609. The Kier molecular flexibility index (Phi) is 4.82. The summed E-state index contributed by atoms with van der Waals surface area (Å²) in [6, 6.07) is 4.65. The number of hydrogen-bond donors (Lipinski definition) is 1. The predicted octanol–water partition coefficient (Wildman–Crippen LogP) is 3.30. The minimum absolute atomic E-state index is 0.241. The van der Waals surface area contributed by atoms with E-state index in [1.165, 1.54) is 11.6 Å². The number of halogens is 1. The van der Waals surface area contributed by atoms with Crippen LogP contribution in [0.2, 0.25) is 0 Å². The van der Waals surface area contributed by atoms with Crippen molar-refractivity contribution in [2.75, 3.05) is 5.73 Å². The molecule has 0 fully saturated rings. The van der Waals surface area contributed by atoms with Gasteiger partial charge in [0.15, 0.2) is 0 Å². The van der Waals surface area contributed by atoms with E-state index in [0.717, 1.165) is 0 Å². The molecular formula is C11H16FN.